The van der Waals surface area contributed by atoms with Crippen molar-refractivity contribution in [1.29, 1.82) is 0 Å². The van der Waals surface area contributed by atoms with Gasteiger partial charge in [-0.25, -0.2) is 14.6 Å². The molecule has 0 aliphatic heterocycles. The maximum absolute atomic E-state index is 11.9. The summed E-state index contributed by atoms with van der Waals surface area (Å²) < 4.78 is 5.01. The van der Waals surface area contributed by atoms with Gasteiger partial charge in [0.1, 0.15) is 5.60 Å². The second-order valence-corrected chi connectivity index (χ2v) is 5.21. The van der Waals surface area contributed by atoms with E-state index in [0.29, 0.717) is 0 Å². The molecule has 1 unspecified atom stereocenters. The van der Waals surface area contributed by atoms with E-state index in [1.807, 2.05) is 0 Å². The van der Waals surface area contributed by atoms with Crippen molar-refractivity contribution in [2.24, 2.45) is 5.73 Å². The smallest absolute Gasteiger partial charge is 0.344 e. The minimum absolute atomic E-state index is 0.0238. The Hall–Kier alpha value is -1.47. The fourth-order valence-corrected chi connectivity index (χ4v) is 1.68. The molecule has 0 aliphatic carbocycles. The molecular weight excluding hydrogens is 244 g/mol. The van der Waals surface area contributed by atoms with Gasteiger partial charge in [0.2, 0.25) is 0 Å². The van der Waals surface area contributed by atoms with Crippen LogP contribution in [0.25, 0.3) is 0 Å². The summed E-state index contributed by atoms with van der Waals surface area (Å²) in [6.07, 6.45) is 0. The average molecular weight is 258 g/mol. The normalized spacial score (nSPS) is 15.1. The van der Waals surface area contributed by atoms with E-state index in [2.05, 4.69) is 4.98 Å². The first-order valence-electron chi connectivity index (χ1n) is 4.82. The Labute approximate surface area is 102 Å². The van der Waals surface area contributed by atoms with Crippen LogP contribution in [0.15, 0.2) is 10.9 Å². The molecule has 3 N–H and O–H groups in total. The van der Waals surface area contributed by atoms with Gasteiger partial charge in [0.05, 0.1) is 11.2 Å². The molecule has 1 atom stereocenters. The SMILES string of the molecule is CC(C)(C)OC(=O)C(N)(C(=O)O)c1cscn1. The minimum atomic E-state index is -2.26. The number of nitrogens with zero attached hydrogens (tertiary/aromatic N) is 1. The summed E-state index contributed by atoms with van der Waals surface area (Å²) in [5, 5.41) is 10.5. The number of carbonyl (C=O) groups is 2. The molecule has 1 heterocycles. The lowest BCUT2D eigenvalue weighted by Gasteiger charge is -2.26. The number of ether oxygens (including phenoxy) is 1. The van der Waals surface area contributed by atoms with Crippen LogP contribution in [0.5, 0.6) is 0 Å². The molecule has 0 spiro atoms. The van der Waals surface area contributed by atoms with Crippen LogP contribution in [-0.4, -0.2) is 27.6 Å². The van der Waals surface area contributed by atoms with Gasteiger partial charge in [0, 0.05) is 5.38 Å². The van der Waals surface area contributed by atoms with E-state index in [9.17, 15) is 9.59 Å². The molecule has 0 aliphatic rings. The fourth-order valence-electron chi connectivity index (χ4n) is 1.07. The van der Waals surface area contributed by atoms with Crippen molar-refractivity contribution in [3.8, 4) is 0 Å². The Balaban J connectivity index is 3.10. The van der Waals surface area contributed by atoms with Crippen LogP contribution in [0, 0.1) is 0 Å². The highest BCUT2D eigenvalue weighted by molar-refractivity contribution is 7.07. The zero-order chi connectivity index (χ0) is 13.3. The molecule has 0 radical (unpaired) electrons. The van der Waals surface area contributed by atoms with Crippen molar-refractivity contribution >= 4 is 23.3 Å². The van der Waals surface area contributed by atoms with Gasteiger partial charge < -0.3 is 15.6 Å². The molecule has 0 aromatic carbocycles. The number of esters is 1. The maximum Gasteiger partial charge on any atom is 0.344 e. The van der Waals surface area contributed by atoms with E-state index in [-0.39, 0.29) is 5.69 Å². The van der Waals surface area contributed by atoms with Crippen LogP contribution in [0.3, 0.4) is 0 Å². The number of aromatic nitrogens is 1. The van der Waals surface area contributed by atoms with Crippen molar-refractivity contribution in [3.05, 3.63) is 16.6 Å². The van der Waals surface area contributed by atoms with Crippen LogP contribution in [0.2, 0.25) is 0 Å². The predicted molar refractivity (Wildman–Crippen MR) is 61.5 cm³/mol. The van der Waals surface area contributed by atoms with Gasteiger partial charge in [-0.15, -0.1) is 11.3 Å². The van der Waals surface area contributed by atoms with Crippen molar-refractivity contribution in [2.45, 2.75) is 31.9 Å². The van der Waals surface area contributed by atoms with Gasteiger partial charge in [0.25, 0.3) is 5.54 Å². The molecule has 0 amide bonds. The lowest BCUT2D eigenvalue weighted by atomic mass is 9.97. The Morgan fingerprint density at radius 2 is 2.06 bits per heavy atom. The van der Waals surface area contributed by atoms with Crippen LogP contribution in [-0.2, 0) is 19.9 Å². The van der Waals surface area contributed by atoms with Gasteiger partial charge in [-0.3, -0.25) is 0 Å². The zero-order valence-corrected chi connectivity index (χ0v) is 10.6. The molecule has 0 saturated heterocycles. The number of carbonyl (C=O) groups excluding carboxylic acids is 1. The molecule has 17 heavy (non-hydrogen) atoms. The first-order chi connectivity index (χ1) is 7.68. The Bertz CT molecular complexity index is 424. The standard InChI is InChI=1S/C10H14N2O4S/c1-9(2,3)16-8(15)10(11,7(13)14)6-4-17-5-12-6/h4-5H,11H2,1-3H3,(H,13,14). The number of thiazole rings is 1. The van der Waals surface area contributed by atoms with Crippen molar-refractivity contribution in [2.75, 3.05) is 0 Å². The molecule has 94 valence electrons. The number of carboxylic acid groups (broad SMARTS) is 1. The van der Waals surface area contributed by atoms with E-state index in [0.717, 1.165) is 11.3 Å². The summed E-state index contributed by atoms with van der Waals surface area (Å²) in [5.74, 6) is -2.51. The van der Waals surface area contributed by atoms with Crippen molar-refractivity contribution in [3.63, 3.8) is 0 Å². The van der Waals surface area contributed by atoms with Crippen molar-refractivity contribution < 1.29 is 19.4 Å². The lowest BCUT2D eigenvalue weighted by Crippen LogP contribution is -2.54. The monoisotopic (exact) mass is 258 g/mol. The minimum Gasteiger partial charge on any atom is -0.479 e. The predicted octanol–water partition coefficient (Wildman–Crippen LogP) is 0.723. The molecular formula is C10H14N2O4S. The molecule has 0 saturated carbocycles. The van der Waals surface area contributed by atoms with E-state index in [1.165, 1.54) is 10.9 Å². The molecule has 1 rings (SSSR count). The molecule has 0 fully saturated rings. The molecule has 6 nitrogen and oxygen atoms in total. The largest absolute Gasteiger partial charge is 0.479 e. The molecule has 1 aromatic heterocycles. The quantitative estimate of drug-likeness (QED) is 0.612. The van der Waals surface area contributed by atoms with Gasteiger partial charge >= 0.3 is 11.9 Å². The second-order valence-electron chi connectivity index (χ2n) is 4.49. The van der Waals surface area contributed by atoms with E-state index in [1.54, 1.807) is 20.8 Å². The zero-order valence-electron chi connectivity index (χ0n) is 9.76. The highest BCUT2D eigenvalue weighted by atomic mass is 32.1. The number of nitrogens with two attached hydrogens (primary N) is 1. The van der Waals surface area contributed by atoms with Crippen LogP contribution >= 0.6 is 11.3 Å². The Morgan fingerprint density at radius 1 is 1.47 bits per heavy atom. The summed E-state index contributed by atoms with van der Waals surface area (Å²) in [7, 11) is 0. The highest BCUT2D eigenvalue weighted by Gasteiger charge is 2.48. The van der Waals surface area contributed by atoms with Crippen LogP contribution < -0.4 is 5.73 Å². The molecule has 7 heteroatoms. The molecule has 1 aromatic rings. The topological polar surface area (TPSA) is 103 Å². The summed E-state index contributed by atoms with van der Waals surface area (Å²) in [5.41, 5.74) is 3.94. The van der Waals surface area contributed by atoms with E-state index in [4.69, 9.17) is 15.6 Å². The van der Waals surface area contributed by atoms with E-state index < -0.39 is 23.1 Å². The number of hydrogen-bond donors (Lipinski definition) is 2. The number of aliphatic carboxylic acids is 1. The van der Waals surface area contributed by atoms with Gasteiger partial charge in [-0.2, -0.15) is 0 Å². The molecule has 0 bridgehead atoms. The van der Waals surface area contributed by atoms with Crippen LogP contribution in [0.4, 0.5) is 0 Å². The van der Waals surface area contributed by atoms with Gasteiger partial charge in [0.15, 0.2) is 0 Å². The number of hydrogen-bond acceptors (Lipinski definition) is 6. The third kappa shape index (κ3) is 2.80. The summed E-state index contributed by atoms with van der Waals surface area (Å²) in [6.45, 7) is 4.90. The summed E-state index contributed by atoms with van der Waals surface area (Å²) in [4.78, 5) is 26.8. The summed E-state index contributed by atoms with van der Waals surface area (Å²) >= 11 is 1.16. The van der Waals surface area contributed by atoms with Gasteiger partial charge in [-0.1, -0.05) is 0 Å². The first kappa shape index (κ1) is 13.6. The third-order valence-electron chi connectivity index (χ3n) is 1.89. The highest BCUT2D eigenvalue weighted by Crippen LogP contribution is 2.23. The summed E-state index contributed by atoms with van der Waals surface area (Å²) in [6, 6.07) is 0. The average Bonchev–Trinajstić information content (AvgIpc) is 2.65. The Morgan fingerprint density at radius 3 is 2.41 bits per heavy atom. The third-order valence-corrected chi connectivity index (χ3v) is 2.48. The number of carboxylic acids is 1. The van der Waals surface area contributed by atoms with Gasteiger partial charge in [-0.05, 0) is 20.8 Å². The fraction of sp³-hybridized carbons (Fsp3) is 0.500. The maximum atomic E-state index is 11.9. The van der Waals surface area contributed by atoms with Crippen LogP contribution in [0.1, 0.15) is 26.5 Å². The van der Waals surface area contributed by atoms with Crippen molar-refractivity contribution in [1.82, 2.24) is 4.98 Å². The lowest BCUT2D eigenvalue weighted by molar-refractivity contribution is -0.169. The Kier molecular flexibility index (Phi) is 3.53. The second kappa shape index (κ2) is 4.42. The number of rotatable bonds is 3. The first-order valence-corrected chi connectivity index (χ1v) is 5.76. The van der Waals surface area contributed by atoms with E-state index >= 15 is 0 Å².